The first-order valence-electron chi connectivity index (χ1n) is 5.18. The predicted molar refractivity (Wildman–Crippen MR) is 60.2 cm³/mol. The molecule has 0 aromatic carbocycles. The van der Waals surface area contributed by atoms with Crippen LogP contribution in [0.2, 0.25) is 0 Å². The smallest absolute Gasteiger partial charge is 0.140 e. The summed E-state index contributed by atoms with van der Waals surface area (Å²) in [7, 11) is 0. The highest BCUT2D eigenvalue weighted by molar-refractivity contribution is 5.89. The molecule has 0 bridgehead atoms. The number of nitrogens with zero attached hydrogens (tertiary/aromatic N) is 2. The summed E-state index contributed by atoms with van der Waals surface area (Å²) in [5, 5.41) is 10.6. The normalized spacial score (nSPS) is 16.5. The standard InChI is InChI=1S/C10H15N5/c11-5-8-9(12)13-6-14-10(8)15-7-3-1-2-4-7/h5-7,11H,1-4H2,(H3,12,13,14,15). The summed E-state index contributed by atoms with van der Waals surface area (Å²) < 4.78 is 0. The number of nitrogens with one attached hydrogen (secondary N) is 2. The van der Waals surface area contributed by atoms with Gasteiger partial charge in [0.05, 0.1) is 5.56 Å². The van der Waals surface area contributed by atoms with Gasteiger partial charge in [-0.1, -0.05) is 12.8 Å². The van der Waals surface area contributed by atoms with E-state index in [1.165, 1.54) is 38.2 Å². The third kappa shape index (κ3) is 2.06. The lowest BCUT2D eigenvalue weighted by Crippen LogP contribution is -2.17. The Kier molecular flexibility index (Phi) is 2.80. The fraction of sp³-hybridized carbons (Fsp3) is 0.500. The molecule has 1 aromatic rings. The van der Waals surface area contributed by atoms with Gasteiger partial charge in [0.15, 0.2) is 0 Å². The fourth-order valence-corrected chi connectivity index (χ4v) is 1.93. The van der Waals surface area contributed by atoms with Crippen LogP contribution < -0.4 is 11.1 Å². The first kappa shape index (κ1) is 9.89. The van der Waals surface area contributed by atoms with Gasteiger partial charge in [0, 0.05) is 12.3 Å². The molecule has 0 amide bonds. The van der Waals surface area contributed by atoms with Crippen LogP contribution in [0.4, 0.5) is 11.6 Å². The molecule has 0 atom stereocenters. The highest BCUT2D eigenvalue weighted by Crippen LogP contribution is 2.23. The van der Waals surface area contributed by atoms with Gasteiger partial charge >= 0.3 is 0 Å². The molecule has 4 N–H and O–H groups in total. The molecule has 0 spiro atoms. The topological polar surface area (TPSA) is 87.7 Å². The fourth-order valence-electron chi connectivity index (χ4n) is 1.93. The molecule has 0 radical (unpaired) electrons. The Bertz CT molecular complexity index is 357. The number of hydrogen-bond acceptors (Lipinski definition) is 5. The number of rotatable bonds is 3. The molecule has 1 saturated carbocycles. The number of hydrogen-bond donors (Lipinski definition) is 3. The van der Waals surface area contributed by atoms with Crippen molar-refractivity contribution in [3.05, 3.63) is 11.9 Å². The zero-order valence-electron chi connectivity index (χ0n) is 8.53. The summed E-state index contributed by atoms with van der Waals surface area (Å²) in [6, 6.07) is 0.470. The van der Waals surface area contributed by atoms with E-state index in [1.54, 1.807) is 0 Å². The molecule has 1 heterocycles. The lowest BCUT2D eigenvalue weighted by molar-refractivity contribution is 0.749. The lowest BCUT2D eigenvalue weighted by atomic mass is 10.2. The monoisotopic (exact) mass is 205 g/mol. The Labute approximate surface area is 88.6 Å². The molecule has 15 heavy (non-hydrogen) atoms. The Balaban J connectivity index is 2.19. The van der Waals surface area contributed by atoms with Gasteiger partial charge in [-0.05, 0) is 12.8 Å². The van der Waals surface area contributed by atoms with Crippen LogP contribution in [0, 0.1) is 5.41 Å². The minimum absolute atomic E-state index is 0.362. The molecule has 80 valence electrons. The van der Waals surface area contributed by atoms with Crippen molar-refractivity contribution in [2.45, 2.75) is 31.7 Å². The highest BCUT2D eigenvalue weighted by Gasteiger charge is 2.17. The highest BCUT2D eigenvalue weighted by atomic mass is 15.1. The van der Waals surface area contributed by atoms with E-state index in [0.717, 1.165) is 0 Å². The first-order chi connectivity index (χ1) is 7.31. The average Bonchev–Trinajstić information content (AvgIpc) is 2.71. The van der Waals surface area contributed by atoms with Gasteiger partial charge in [-0.25, -0.2) is 9.97 Å². The Hall–Kier alpha value is -1.65. The number of nitrogens with two attached hydrogens (primary N) is 1. The zero-order valence-corrected chi connectivity index (χ0v) is 8.53. The zero-order chi connectivity index (χ0) is 10.7. The summed E-state index contributed by atoms with van der Waals surface area (Å²) >= 11 is 0. The minimum atomic E-state index is 0.362. The van der Waals surface area contributed by atoms with Crippen molar-refractivity contribution in [2.75, 3.05) is 11.1 Å². The van der Waals surface area contributed by atoms with Crippen LogP contribution >= 0.6 is 0 Å². The van der Waals surface area contributed by atoms with Gasteiger partial charge in [-0.15, -0.1) is 0 Å². The third-order valence-electron chi connectivity index (χ3n) is 2.76. The first-order valence-corrected chi connectivity index (χ1v) is 5.18. The van der Waals surface area contributed by atoms with E-state index in [9.17, 15) is 0 Å². The Morgan fingerprint density at radius 2 is 2.13 bits per heavy atom. The number of anilines is 2. The van der Waals surface area contributed by atoms with Gasteiger partial charge in [0.2, 0.25) is 0 Å². The molecular weight excluding hydrogens is 190 g/mol. The molecular formula is C10H15N5. The van der Waals surface area contributed by atoms with E-state index < -0.39 is 0 Å². The van der Waals surface area contributed by atoms with Crippen LogP contribution in [-0.4, -0.2) is 22.2 Å². The Morgan fingerprint density at radius 3 is 2.80 bits per heavy atom. The maximum Gasteiger partial charge on any atom is 0.140 e. The molecule has 0 aliphatic heterocycles. The van der Waals surface area contributed by atoms with Gasteiger partial charge in [0.25, 0.3) is 0 Å². The molecule has 1 aliphatic carbocycles. The SMILES string of the molecule is N=Cc1c(N)ncnc1NC1CCCC1. The second-order valence-electron chi connectivity index (χ2n) is 3.79. The maximum atomic E-state index is 7.27. The maximum absolute atomic E-state index is 7.27. The number of aromatic nitrogens is 2. The van der Waals surface area contributed by atoms with Crippen molar-refractivity contribution < 1.29 is 0 Å². The summed E-state index contributed by atoms with van der Waals surface area (Å²) in [6.45, 7) is 0. The average molecular weight is 205 g/mol. The van der Waals surface area contributed by atoms with E-state index in [2.05, 4.69) is 15.3 Å². The van der Waals surface area contributed by atoms with E-state index in [0.29, 0.717) is 23.2 Å². The quantitative estimate of drug-likeness (QED) is 0.651. The van der Waals surface area contributed by atoms with E-state index in [4.69, 9.17) is 11.1 Å². The molecule has 0 unspecified atom stereocenters. The third-order valence-corrected chi connectivity index (χ3v) is 2.76. The van der Waals surface area contributed by atoms with Crippen LogP contribution in [0.25, 0.3) is 0 Å². The summed E-state index contributed by atoms with van der Waals surface area (Å²) in [6.07, 6.45) is 7.49. The molecule has 1 aliphatic rings. The minimum Gasteiger partial charge on any atom is -0.383 e. The van der Waals surface area contributed by atoms with Crippen LogP contribution in [0.1, 0.15) is 31.2 Å². The van der Waals surface area contributed by atoms with Gasteiger partial charge < -0.3 is 16.5 Å². The summed E-state index contributed by atoms with van der Waals surface area (Å²) in [5.74, 6) is 1.05. The van der Waals surface area contributed by atoms with E-state index in [-0.39, 0.29) is 0 Å². The second-order valence-corrected chi connectivity index (χ2v) is 3.79. The van der Waals surface area contributed by atoms with Crippen molar-refractivity contribution in [3.63, 3.8) is 0 Å². The molecule has 5 nitrogen and oxygen atoms in total. The van der Waals surface area contributed by atoms with Crippen LogP contribution in [-0.2, 0) is 0 Å². The molecule has 1 aromatic heterocycles. The molecule has 1 fully saturated rings. The van der Waals surface area contributed by atoms with Crippen LogP contribution in [0.5, 0.6) is 0 Å². The summed E-state index contributed by atoms with van der Waals surface area (Å²) in [4.78, 5) is 7.98. The summed E-state index contributed by atoms with van der Waals surface area (Å²) in [5.41, 5.74) is 6.25. The number of nitrogen functional groups attached to an aromatic ring is 1. The van der Waals surface area contributed by atoms with Gasteiger partial charge in [-0.3, -0.25) is 0 Å². The van der Waals surface area contributed by atoms with Crippen molar-refractivity contribution in [2.24, 2.45) is 0 Å². The molecule has 5 heteroatoms. The van der Waals surface area contributed by atoms with E-state index in [1.807, 2.05) is 0 Å². The molecule has 2 rings (SSSR count). The van der Waals surface area contributed by atoms with Crippen molar-refractivity contribution in [1.82, 2.24) is 9.97 Å². The largest absolute Gasteiger partial charge is 0.383 e. The Morgan fingerprint density at radius 1 is 1.40 bits per heavy atom. The molecule has 0 saturated heterocycles. The van der Waals surface area contributed by atoms with Crippen LogP contribution in [0.3, 0.4) is 0 Å². The van der Waals surface area contributed by atoms with Crippen LogP contribution in [0.15, 0.2) is 6.33 Å². The second kappa shape index (κ2) is 4.25. The van der Waals surface area contributed by atoms with E-state index >= 15 is 0 Å². The van der Waals surface area contributed by atoms with Gasteiger partial charge in [-0.2, -0.15) is 0 Å². The lowest BCUT2D eigenvalue weighted by Gasteiger charge is -2.14. The van der Waals surface area contributed by atoms with Gasteiger partial charge in [0.1, 0.15) is 18.0 Å². The van der Waals surface area contributed by atoms with Crippen molar-refractivity contribution in [1.29, 1.82) is 5.41 Å². The van der Waals surface area contributed by atoms with Crippen molar-refractivity contribution in [3.8, 4) is 0 Å². The predicted octanol–water partition coefficient (Wildman–Crippen LogP) is 1.41. The van der Waals surface area contributed by atoms with Crippen molar-refractivity contribution >= 4 is 17.9 Å².